The molecule has 1 fully saturated rings. The van der Waals surface area contributed by atoms with Crippen molar-refractivity contribution in [2.24, 2.45) is 17.6 Å². The maximum absolute atomic E-state index is 6.46. The van der Waals surface area contributed by atoms with Crippen LogP contribution < -0.4 is 5.73 Å². The van der Waals surface area contributed by atoms with Crippen LogP contribution in [0, 0.1) is 11.8 Å². The van der Waals surface area contributed by atoms with Crippen LogP contribution in [0.3, 0.4) is 0 Å². The van der Waals surface area contributed by atoms with Gasteiger partial charge >= 0.3 is 0 Å². The van der Waals surface area contributed by atoms with E-state index in [4.69, 9.17) is 10.7 Å². The summed E-state index contributed by atoms with van der Waals surface area (Å²) in [4.78, 5) is 4.77. The molecule has 3 heteroatoms. The molecule has 2 aromatic rings. The Hall–Kier alpha value is -1.19. The SMILES string of the molecule is CC1CCCC(C(N)Cc2nc(-c3ccccc3)cs2)C1. The predicted molar refractivity (Wildman–Crippen MR) is 90.4 cm³/mol. The smallest absolute Gasteiger partial charge is 0.0948 e. The molecule has 1 aromatic heterocycles. The van der Waals surface area contributed by atoms with Crippen LogP contribution in [0.4, 0.5) is 0 Å². The average molecular weight is 300 g/mol. The van der Waals surface area contributed by atoms with Crippen molar-refractivity contribution < 1.29 is 0 Å². The zero-order valence-electron chi connectivity index (χ0n) is 12.7. The zero-order chi connectivity index (χ0) is 14.7. The molecule has 0 saturated heterocycles. The number of nitrogens with two attached hydrogens (primary N) is 1. The van der Waals surface area contributed by atoms with Gasteiger partial charge in [-0.2, -0.15) is 0 Å². The third-order valence-corrected chi connectivity index (χ3v) is 5.49. The fourth-order valence-electron chi connectivity index (χ4n) is 3.38. The molecule has 0 aliphatic heterocycles. The highest BCUT2D eigenvalue weighted by Crippen LogP contribution is 2.32. The molecular formula is C18H24N2S. The molecular weight excluding hydrogens is 276 g/mol. The first-order valence-electron chi connectivity index (χ1n) is 7.98. The molecule has 0 amide bonds. The molecule has 0 spiro atoms. The summed E-state index contributed by atoms with van der Waals surface area (Å²) in [5.74, 6) is 1.52. The Bertz CT molecular complexity index is 564. The van der Waals surface area contributed by atoms with Crippen molar-refractivity contribution in [3.05, 3.63) is 40.7 Å². The van der Waals surface area contributed by atoms with E-state index in [1.165, 1.54) is 36.3 Å². The molecule has 3 rings (SSSR count). The van der Waals surface area contributed by atoms with E-state index in [0.29, 0.717) is 5.92 Å². The highest BCUT2D eigenvalue weighted by molar-refractivity contribution is 7.09. The van der Waals surface area contributed by atoms with Crippen LogP contribution in [0.15, 0.2) is 35.7 Å². The second-order valence-electron chi connectivity index (χ2n) is 6.39. The van der Waals surface area contributed by atoms with Crippen molar-refractivity contribution in [2.75, 3.05) is 0 Å². The minimum absolute atomic E-state index is 0.266. The second-order valence-corrected chi connectivity index (χ2v) is 7.33. The Morgan fingerprint density at radius 2 is 2.10 bits per heavy atom. The molecule has 2 nitrogen and oxygen atoms in total. The summed E-state index contributed by atoms with van der Waals surface area (Å²) < 4.78 is 0. The van der Waals surface area contributed by atoms with Crippen molar-refractivity contribution in [2.45, 2.75) is 45.1 Å². The van der Waals surface area contributed by atoms with Gasteiger partial charge in [-0.25, -0.2) is 4.98 Å². The lowest BCUT2D eigenvalue weighted by atomic mass is 9.78. The number of rotatable bonds is 4. The summed E-state index contributed by atoms with van der Waals surface area (Å²) >= 11 is 1.75. The Morgan fingerprint density at radius 1 is 1.29 bits per heavy atom. The van der Waals surface area contributed by atoms with Gasteiger partial charge in [0.15, 0.2) is 0 Å². The van der Waals surface area contributed by atoms with Crippen molar-refractivity contribution >= 4 is 11.3 Å². The number of benzene rings is 1. The molecule has 1 aliphatic carbocycles. The van der Waals surface area contributed by atoms with E-state index >= 15 is 0 Å². The molecule has 3 atom stereocenters. The quantitative estimate of drug-likeness (QED) is 0.902. The van der Waals surface area contributed by atoms with Gasteiger partial charge in [-0.1, -0.05) is 50.1 Å². The first-order chi connectivity index (χ1) is 10.2. The van der Waals surface area contributed by atoms with Gasteiger partial charge in [-0.05, 0) is 24.7 Å². The van der Waals surface area contributed by atoms with Crippen LogP contribution in [-0.2, 0) is 6.42 Å². The van der Waals surface area contributed by atoms with Gasteiger partial charge in [0.2, 0.25) is 0 Å². The maximum Gasteiger partial charge on any atom is 0.0948 e. The molecule has 0 radical (unpaired) electrons. The Kier molecular flexibility index (Phi) is 4.71. The summed E-state index contributed by atoms with van der Waals surface area (Å²) in [5.41, 5.74) is 8.73. The number of hydrogen-bond acceptors (Lipinski definition) is 3. The van der Waals surface area contributed by atoms with E-state index in [2.05, 4.69) is 36.6 Å². The summed E-state index contributed by atoms with van der Waals surface area (Å²) in [6, 6.07) is 10.6. The van der Waals surface area contributed by atoms with Gasteiger partial charge in [-0.3, -0.25) is 0 Å². The minimum Gasteiger partial charge on any atom is -0.327 e. The van der Waals surface area contributed by atoms with E-state index < -0.39 is 0 Å². The Morgan fingerprint density at radius 3 is 2.86 bits per heavy atom. The molecule has 1 saturated carbocycles. The van der Waals surface area contributed by atoms with E-state index in [1.807, 2.05) is 6.07 Å². The molecule has 112 valence electrons. The van der Waals surface area contributed by atoms with E-state index in [9.17, 15) is 0 Å². The lowest BCUT2D eigenvalue weighted by molar-refractivity contribution is 0.245. The lowest BCUT2D eigenvalue weighted by Gasteiger charge is -2.30. The first-order valence-corrected chi connectivity index (χ1v) is 8.85. The summed E-state index contributed by atoms with van der Waals surface area (Å²) in [7, 11) is 0. The van der Waals surface area contributed by atoms with Gasteiger partial charge in [-0.15, -0.1) is 11.3 Å². The van der Waals surface area contributed by atoms with Gasteiger partial charge in [0.1, 0.15) is 0 Å². The number of aromatic nitrogens is 1. The van der Waals surface area contributed by atoms with Crippen molar-refractivity contribution in [3.63, 3.8) is 0 Å². The Labute approximate surface area is 131 Å². The summed E-state index contributed by atoms with van der Waals surface area (Å²) in [6.45, 7) is 2.36. The average Bonchev–Trinajstić information content (AvgIpc) is 2.97. The van der Waals surface area contributed by atoms with Gasteiger partial charge in [0.05, 0.1) is 10.7 Å². The van der Waals surface area contributed by atoms with E-state index in [-0.39, 0.29) is 6.04 Å². The lowest BCUT2D eigenvalue weighted by Crippen LogP contribution is -2.35. The van der Waals surface area contributed by atoms with E-state index in [1.54, 1.807) is 11.3 Å². The molecule has 1 aliphatic rings. The van der Waals surface area contributed by atoms with Crippen LogP contribution in [-0.4, -0.2) is 11.0 Å². The highest BCUT2D eigenvalue weighted by atomic mass is 32.1. The summed E-state index contributed by atoms with van der Waals surface area (Å²) in [5, 5.41) is 3.33. The van der Waals surface area contributed by atoms with Gasteiger partial charge in [0, 0.05) is 23.4 Å². The minimum atomic E-state index is 0.266. The topological polar surface area (TPSA) is 38.9 Å². The maximum atomic E-state index is 6.46. The number of hydrogen-bond donors (Lipinski definition) is 1. The van der Waals surface area contributed by atoms with Crippen molar-refractivity contribution in [1.82, 2.24) is 4.98 Å². The van der Waals surface area contributed by atoms with Crippen LogP contribution in [0.25, 0.3) is 11.3 Å². The fraction of sp³-hybridized carbons (Fsp3) is 0.500. The van der Waals surface area contributed by atoms with Gasteiger partial charge in [0.25, 0.3) is 0 Å². The monoisotopic (exact) mass is 300 g/mol. The molecule has 21 heavy (non-hydrogen) atoms. The summed E-state index contributed by atoms with van der Waals surface area (Å²) in [6.07, 6.45) is 6.22. The molecule has 3 unspecified atom stereocenters. The number of nitrogens with zero attached hydrogens (tertiary/aromatic N) is 1. The van der Waals surface area contributed by atoms with Crippen LogP contribution in [0.5, 0.6) is 0 Å². The number of thiazole rings is 1. The zero-order valence-corrected chi connectivity index (χ0v) is 13.5. The van der Waals surface area contributed by atoms with E-state index in [0.717, 1.165) is 18.0 Å². The molecule has 2 N–H and O–H groups in total. The third kappa shape index (κ3) is 3.72. The Balaban J connectivity index is 1.64. The normalized spacial score (nSPS) is 23.9. The standard InChI is InChI=1S/C18H24N2S/c1-13-6-5-9-15(10-13)16(19)11-18-20-17(12-21-18)14-7-3-2-4-8-14/h2-4,7-8,12-13,15-16H,5-6,9-11,19H2,1H3. The van der Waals surface area contributed by atoms with Gasteiger partial charge < -0.3 is 5.73 Å². The largest absolute Gasteiger partial charge is 0.327 e. The highest BCUT2D eigenvalue weighted by Gasteiger charge is 2.25. The van der Waals surface area contributed by atoms with Crippen LogP contribution in [0.2, 0.25) is 0 Å². The predicted octanol–water partition coefficient (Wildman–Crippen LogP) is 4.51. The van der Waals surface area contributed by atoms with Crippen LogP contribution in [0.1, 0.15) is 37.6 Å². The van der Waals surface area contributed by atoms with Crippen LogP contribution >= 0.6 is 11.3 Å². The van der Waals surface area contributed by atoms with Crippen molar-refractivity contribution in [3.8, 4) is 11.3 Å². The molecule has 1 aromatic carbocycles. The fourth-order valence-corrected chi connectivity index (χ4v) is 4.26. The third-order valence-electron chi connectivity index (χ3n) is 4.61. The first kappa shape index (κ1) is 14.7. The molecule has 1 heterocycles. The molecule has 0 bridgehead atoms. The van der Waals surface area contributed by atoms with Crippen molar-refractivity contribution in [1.29, 1.82) is 0 Å². The second kappa shape index (κ2) is 6.71.